The zero-order valence-electron chi connectivity index (χ0n) is 23.9. The molecule has 0 aliphatic rings. The van der Waals surface area contributed by atoms with E-state index >= 15 is 0 Å². The van der Waals surface area contributed by atoms with E-state index in [-0.39, 0.29) is 28.6 Å². The summed E-state index contributed by atoms with van der Waals surface area (Å²) in [6.45, 7) is -0.774. The van der Waals surface area contributed by atoms with Gasteiger partial charge in [0.1, 0.15) is 24.2 Å². The number of amides is 2. The first-order valence-electron chi connectivity index (χ1n) is 13.4. The highest BCUT2D eigenvalue weighted by molar-refractivity contribution is 7.92. The molecular weight excluding hydrogens is 628 g/mol. The van der Waals surface area contributed by atoms with Crippen LogP contribution < -0.4 is 14.4 Å². The number of nitrogens with one attached hydrogen (secondary N) is 1. The van der Waals surface area contributed by atoms with Gasteiger partial charge >= 0.3 is 0 Å². The van der Waals surface area contributed by atoms with Gasteiger partial charge < -0.3 is 15.0 Å². The summed E-state index contributed by atoms with van der Waals surface area (Å²) in [5, 5.41) is 3.19. The van der Waals surface area contributed by atoms with Crippen LogP contribution in [-0.4, -0.2) is 51.9 Å². The van der Waals surface area contributed by atoms with Gasteiger partial charge in [-0.2, -0.15) is 0 Å². The van der Waals surface area contributed by atoms with Crippen molar-refractivity contribution in [3.8, 4) is 5.75 Å². The van der Waals surface area contributed by atoms with E-state index in [4.69, 9.17) is 27.9 Å². The number of carbonyl (C=O) groups excluding carboxylic acids is 2. The molecule has 4 aromatic rings. The van der Waals surface area contributed by atoms with Gasteiger partial charge in [-0.15, -0.1) is 0 Å². The molecule has 0 bridgehead atoms. The van der Waals surface area contributed by atoms with Crippen LogP contribution in [-0.2, 0) is 32.6 Å². The molecule has 0 spiro atoms. The second-order valence-corrected chi connectivity index (χ2v) is 12.4. The van der Waals surface area contributed by atoms with Crippen molar-refractivity contribution in [1.82, 2.24) is 10.2 Å². The Labute approximate surface area is 266 Å². The molecule has 0 aliphatic heterocycles. The van der Waals surface area contributed by atoms with Gasteiger partial charge in [0.05, 0.1) is 27.7 Å². The molecule has 4 rings (SSSR count). The largest absolute Gasteiger partial charge is 0.497 e. The highest BCUT2D eigenvalue weighted by Gasteiger charge is 2.34. The molecule has 0 radical (unpaired) electrons. The Bertz CT molecular complexity index is 1710. The molecule has 0 unspecified atom stereocenters. The van der Waals surface area contributed by atoms with E-state index in [1.807, 2.05) is 30.3 Å². The maximum atomic E-state index is 14.3. The van der Waals surface area contributed by atoms with E-state index in [9.17, 15) is 22.4 Å². The summed E-state index contributed by atoms with van der Waals surface area (Å²) in [7, 11) is -1.44. The molecular formula is C32H30Cl2FN3O5S. The number of likely N-dealkylation sites (N-methyl/N-ethyl adjacent to an activating group) is 1. The van der Waals surface area contributed by atoms with Crippen LogP contribution in [0.3, 0.4) is 0 Å². The summed E-state index contributed by atoms with van der Waals surface area (Å²) >= 11 is 12.4. The van der Waals surface area contributed by atoms with Crippen LogP contribution in [0.15, 0.2) is 102 Å². The molecule has 0 aliphatic carbocycles. The third-order valence-corrected chi connectivity index (χ3v) is 9.42. The molecule has 8 nitrogen and oxygen atoms in total. The zero-order chi connectivity index (χ0) is 31.9. The highest BCUT2D eigenvalue weighted by atomic mass is 35.5. The number of benzene rings is 4. The van der Waals surface area contributed by atoms with Crippen molar-refractivity contribution < 1.29 is 27.1 Å². The fraction of sp³-hybridized carbons (Fsp3) is 0.188. The number of rotatable bonds is 12. The molecule has 0 saturated carbocycles. The van der Waals surface area contributed by atoms with Crippen molar-refractivity contribution in [2.45, 2.75) is 23.9 Å². The smallest absolute Gasteiger partial charge is 0.264 e. The number of nitrogens with zero attached hydrogens (tertiary/aromatic N) is 2. The Kier molecular flexibility index (Phi) is 10.9. The molecule has 44 heavy (non-hydrogen) atoms. The fourth-order valence-electron chi connectivity index (χ4n) is 4.57. The average molecular weight is 659 g/mol. The third kappa shape index (κ3) is 7.88. The van der Waals surface area contributed by atoms with Crippen LogP contribution in [0.1, 0.15) is 11.1 Å². The second-order valence-electron chi connectivity index (χ2n) is 9.75. The van der Waals surface area contributed by atoms with E-state index in [0.717, 1.165) is 22.0 Å². The van der Waals surface area contributed by atoms with Crippen LogP contribution in [0.5, 0.6) is 5.75 Å². The van der Waals surface area contributed by atoms with Crippen molar-refractivity contribution in [3.63, 3.8) is 0 Å². The topological polar surface area (TPSA) is 96.0 Å². The van der Waals surface area contributed by atoms with E-state index in [0.29, 0.717) is 16.3 Å². The van der Waals surface area contributed by atoms with Gasteiger partial charge in [0.25, 0.3) is 10.0 Å². The molecule has 12 heteroatoms. The second kappa shape index (κ2) is 14.6. The molecule has 1 N–H and O–H groups in total. The van der Waals surface area contributed by atoms with Crippen LogP contribution in [0.4, 0.5) is 10.1 Å². The lowest BCUT2D eigenvalue weighted by Crippen LogP contribution is -2.53. The first-order valence-corrected chi connectivity index (χ1v) is 15.6. The van der Waals surface area contributed by atoms with Gasteiger partial charge in [0.2, 0.25) is 11.8 Å². The lowest BCUT2D eigenvalue weighted by molar-refractivity contribution is -0.139. The number of anilines is 1. The fourth-order valence-corrected chi connectivity index (χ4v) is 6.30. The summed E-state index contributed by atoms with van der Waals surface area (Å²) in [5.74, 6) is -1.27. The predicted molar refractivity (Wildman–Crippen MR) is 169 cm³/mol. The number of carbonyl (C=O) groups is 2. The normalized spacial score (nSPS) is 11.8. The van der Waals surface area contributed by atoms with Crippen molar-refractivity contribution in [3.05, 3.63) is 124 Å². The van der Waals surface area contributed by atoms with Crippen LogP contribution >= 0.6 is 23.2 Å². The third-order valence-electron chi connectivity index (χ3n) is 6.90. The van der Waals surface area contributed by atoms with Gasteiger partial charge in [-0.25, -0.2) is 12.8 Å². The molecule has 2 amide bonds. The van der Waals surface area contributed by atoms with Gasteiger partial charge in [0.15, 0.2) is 0 Å². The first kappa shape index (κ1) is 32.8. The Balaban J connectivity index is 1.79. The maximum absolute atomic E-state index is 14.3. The minimum Gasteiger partial charge on any atom is -0.497 e. The standard InChI is InChI=1S/C32H30Cl2FN3O5S/c1-36-32(40)30(19-22-6-4-3-5-7-22)37(20-23-8-17-28(33)29(34)18-23)31(39)21-38(25-11-9-24(35)10-12-25)44(41,42)27-15-13-26(43-2)14-16-27/h3-18,30H,19-21H2,1-2H3,(H,36,40)/t30-/m1/s1. The Morgan fingerprint density at radius 2 is 1.55 bits per heavy atom. The van der Waals surface area contributed by atoms with Gasteiger partial charge in [-0.1, -0.05) is 59.6 Å². The Morgan fingerprint density at radius 1 is 0.886 bits per heavy atom. The zero-order valence-corrected chi connectivity index (χ0v) is 26.2. The predicted octanol–water partition coefficient (Wildman–Crippen LogP) is 5.72. The lowest BCUT2D eigenvalue weighted by atomic mass is 10.0. The summed E-state index contributed by atoms with van der Waals surface area (Å²) in [6, 6.07) is 23.4. The highest BCUT2D eigenvalue weighted by Crippen LogP contribution is 2.28. The van der Waals surface area contributed by atoms with Gasteiger partial charge in [-0.3, -0.25) is 13.9 Å². The van der Waals surface area contributed by atoms with Gasteiger partial charge in [-0.05, 0) is 71.8 Å². The quantitative estimate of drug-likeness (QED) is 0.210. The maximum Gasteiger partial charge on any atom is 0.264 e. The van der Waals surface area contributed by atoms with Crippen molar-refractivity contribution in [2.24, 2.45) is 0 Å². The first-order chi connectivity index (χ1) is 21.0. The molecule has 230 valence electrons. The minimum atomic E-state index is -4.35. The van der Waals surface area contributed by atoms with Crippen molar-refractivity contribution in [2.75, 3.05) is 25.0 Å². The monoisotopic (exact) mass is 657 g/mol. The number of halogens is 3. The number of sulfonamides is 1. The summed E-state index contributed by atoms with van der Waals surface area (Å²) in [6.07, 6.45) is 0.148. The lowest BCUT2D eigenvalue weighted by Gasteiger charge is -2.33. The summed E-state index contributed by atoms with van der Waals surface area (Å²) in [4.78, 5) is 28.8. The van der Waals surface area contributed by atoms with E-state index in [2.05, 4.69) is 5.32 Å². The van der Waals surface area contributed by atoms with Crippen LogP contribution in [0, 0.1) is 5.82 Å². The number of hydrogen-bond acceptors (Lipinski definition) is 5. The van der Waals surface area contributed by atoms with E-state index in [1.165, 1.54) is 55.5 Å². The Hall–Kier alpha value is -4.12. The molecule has 0 heterocycles. The molecule has 0 fully saturated rings. The summed E-state index contributed by atoms with van der Waals surface area (Å²) < 4.78 is 47.9. The number of methoxy groups -OCH3 is 1. The average Bonchev–Trinajstić information content (AvgIpc) is 3.03. The molecule has 4 aromatic carbocycles. The molecule has 0 saturated heterocycles. The molecule has 0 aromatic heterocycles. The van der Waals surface area contributed by atoms with Gasteiger partial charge in [0, 0.05) is 20.0 Å². The van der Waals surface area contributed by atoms with E-state index < -0.39 is 40.2 Å². The van der Waals surface area contributed by atoms with Crippen molar-refractivity contribution in [1.29, 1.82) is 0 Å². The number of hydrogen-bond donors (Lipinski definition) is 1. The van der Waals surface area contributed by atoms with E-state index in [1.54, 1.807) is 18.2 Å². The summed E-state index contributed by atoms with van der Waals surface area (Å²) in [5.41, 5.74) is 1.42. The van der Waals surface area contributed by atoms with Crippen LogP contribution in [0.2, 0.25) is 10.0 Å². The number of ether oxygens (including phenoxy) is 1. The Morgan fingerprint density at radius 3 is 2.14 bits per heavy atom. The minimum absolute atomic E-state index is 0.0598. The molecule has 1 atom stereocenters. The SMILES string of the molecule is CNC(=O)[C@@H](Cc1ccccc1)N(Cc1ccc(Cl)c(Cl)c1)C(=O)CN(c1ccc(F)cc1)S(=O)(=O)c1ccc(OC)cc1. The van der Waals surface area contributed by atoms with Crippen LogP contribution in [0.25, 0.3) is 0 Å². The van der Waals surface area contributed by atoms with Crippen molar-refractivity contribution >= 4 is 50.7 Å².